The molecule has 2 aromatic rings. The highest BCUT2D eigenvalue weighted by Crippen LogP contribution is 2.36. The number of halogens is 5. The first-order chi connectivity index (χ1) is 9.77. The molecule has 0 heterocycles. The van der Waals surface area contributed by atoms with Crippen molar-refractivity contribution in [2.24, 2.45) is 0 Å². The van der Waals surface area contributed by atoms with E-state index in [9.17, 15) is 17.6 Å². The molecule has 6 heteroatoms. The van der Waals surface area contributed by atoms with E-state index in [0.717, 1.165) is 6.07 Å². The second-order valence-corrected chi connectivity index (χ2v) is 5.06. The molecule has 0 aromatic heterocycles. The third-order valence-electron chi connectivity index (χ3n) is 3.01. The Balaban J connectivity index is 2.22. The van der Waals surface area contributed by atoms with Gasteiger partial charge in [-0.1, -0.05) is 23.7 Å². The van der Waals surface area contributed by atoms with E-state index in [1.54, 1.807) is 19.1 Å². The van der Waals surface area contributed by atoms with E-state index in [1.165, 1.54) is 18.2 Å². The predicted octanol–water partition coefficient (Wildman–Crippen LogP) is 5.42. The van der Waals surface area contributed by atoms with Crippen LogP contribution in [0.15, 0.2) is 36.4 Å². The maximum Gasteiger partial charge on any atom is 0.418 e. The molecule has 0 aliphatic heterocycles. The Morgan fingerprint density at radius 3 is 2.43 bits per heavy atom. The number of nitrogens with one attached hydrogen (secondary N) is 1. The Bertz CT molecular complexity index is 653. The zero-order chi connectivity index (χ0) is 15.6. The van der Waals surface area contributed by atoms with Crippen LogP contribution in [0.25, 0.3) is 0 Å². The molecule has 21 heavy (non-hydrogen) atoms. The molecule has 0 atom stereocenters. The summed E-state index contributed by atoms with van der Waals surface area (Å²) < 4.78 is 52.1. The molecule has 0 fully saturated rings. The number of alkyl halides is 3. The van der Waals surface area contributed by atoms with Gasteiger partial charge >= 0.3 is 6.18 Å². The lowest BCUT2D eigenvalue weighted by Gasteiger charge is -2.15. The van der Waals surface area contributed by atoms with Gasteiger partial charge in [-0.3, -0.25) is 0 Å². The molecular formula is C15H12ClF4N. The van der Waals surface area contributed by atoms with Crippen LogP contribution in [0.4, 0.5) is 23.2 Å². The lowest BCUT2D eigenvalue weighted by atomic mass is 10.1. The van der Waals surface area contributed by atoms with Gasteiger partial charge < -0.3 is 5.32 Å². The number of hydrogen-bond acceptors (Lipinski definition) is 1. The minimum atomic E-state index is -4.51. The fourth-order valence-corrected chi connectivity index (χ4v) is 2.02. The van der Waals surface area contributed by atoms with Crippen molar-refractivity contribution < 1.29 is 17.6 Å². The topological polar surface area (TPSA) is 12.0 Å². The van der Waals surface area contributed by atoms with Crippen LogP contribution in [0.2, 0.25) is 5.02 Å². The van der Waals surface area contributed by atoms with E-state index < -0.39 is 11.7 Å². The number of anilines is 1. The minimum absolute atomic E-state index is 0.00857. The molecule has 0 amide bonds. The Hall–Kier alpha value is -1.75. The summed E-state index contributed by atoms with van der Waals surface area (Å²) in [6.07, 6.45) is -4.51. The first-order valence-corrected chi connectivity index (χ1v) is 6.51. The van der Waals surface area contributed by atoms with Crippen molar-refractivity contribution in [3.63, 3.8) is 0 Å². The van der Waals surface area contributed by atoms with Crippen LogP contribution in [-0.4, -0.2) is 0 Å². The third kappa shape index (κ3) is 3.88. The van der Waals surface area contributed by atoms with Gasteiger partial charge in [0.1, 0.15) is 5.82 Å². The van der Waals surface area contributed by atoms with E-state index in [0.29, 0.717) is 11.1 Å². The molecule has 2 aromatic carbocycles. The molecule has 0 spiro atoms. The van der Waals surface area contributed by atoms with E-state index in [-0.39, 0.29) is 23.1 Å². The molecule has 0 unspecified atom stereocenters. The van der Waals surface area contributed by atoms with E-state index in [4.69, 9.17) is 11.6 Å². The predicted molar refractivity (Wildman–Crippen MR) is 74.9 cm³/mol. The number of hydrogen-bond donors (Lipinski definition) is 1. The highest BCUT2D eigenvalue weighted by Gasteiger charge is 2.33. The summed E-state index contributed by atoms with van der Waals surface area (Å²) in [5.41, 5.74) is 0.109. The van der Waals surface area contributed by atoms with Gasteiger partial charge in [0, 0.05) is 17.3 Å². The smallest absolute Gasteiger partial charge is 0.380 e. The van der Waals surface area contributed by atoms with Crippen molar-refractivity contribution in [1.82, 2.24) is 0 Å². The summed E-state index contributed by atoms with van der Waals surface area (Å²) in [5, 5.41) is 2.67. The molecule has 0 saturated heterocycles. The van der Waals surface area contributed by atoms with Crippen molar-refractivity contribution in [3.05, 3.63) is 63.9 Å². The number of rotatable bonds is 3. The zero-order valence-corrected chi connectivity index (χ0v) is 11.8. The summed E-state index contributed by atoms with van der Waals surface area (Å²) in [4.78, 5) is 0. The lowest BCUT2D eigenvalue weighted by Crippen LogP contribution is -2.11. The molecule has 0 saturated carbocycles. The van der Waals surface area contributed by atoms with Crippen LogP contribution >= 0.6 is 11.6 Å². The molecular weight excluding hydrogens is 306 g/mol. The quantitative estimate of drug-likeness (QED) is 0.745. The number of aryl methyl sites for hydroxylation is 1. The third-order valence-corrected chi connectivity index (χ3v) is 3.24. The summed E-state index contributed by atoms with van der Waals surface area (Å²) in [5.74, 6) is -0.388. The van der Waals surface area contributed by atoms with E-state index in [1.807, 2.05) is 0 Å². The summed E-state index contributed by atoms with van der Waals surface area (Å²) in [6, 6.07) is 8.03. The summed E-state index contributed by atoms with van der Waals surface area (Å²) in [7, 11) is 0. The highest BCUT2D eigenvalue weighted by atomic mass is 35.5. The summed E-state index contributed by atoms with van der Waals surface area (Å²) >= 11 is 5.60. The van der Waals surface area contributed by atoms with Crippen LogP contribution in [-0.2, 0) is 12.7 Å². The highest BCUT2D eigenvalue weighted by molar-refractivity contribution is 6.30. The Kier molecular flexibility index (Phi) is 4.42. The maximum atomic E-state index is 13.4. The average Bonchev–Trinajstić information content (AvgIpc) is 2.40. The average molecular weight is 318 g/mol. The van der Waals surface area contributed by atoms with Crippen molar-refractivity contribution in [2.45, 2.75) is 19.6 Å². The Morgan fingerprint density at radius 1 is 1.10 bits per heavy atom. The van der Waals surface area contributed by atoms with Crippen LogP contribution in [0, 0.1) is 12.7 Å². The second kappa shape index (κ2) is 5.93. The van der Waals surface area contributed by atoms with Gasteiger partial charge in [0.2, 0.25) is 0 Å². The van der Waals surface area contributed by atoms with Crippen molar-refractivity contribution in [1.29, 1.82) is 0 Å². The van der Waals surface area contributed by atoms with E-state index >= 15 is 0 Å². The van der Waals surface area contributed by atoms with Gasteiger partial charge in [-0.05, 0) is 42.3 Å². The maximum absolute atomic E-state index is 13.4. The SMILES string of the molecule is Cc1ccc(CNc2ccc(Cl)cc2C(F)(F)F)cc1F. The normalized spacial score (nSPS) is 11.5. The van der Waals surface area contributed by atoms with Gasteiger partial charge in [0.05, 0.1) is 5.56 Å². The standard InChI is InChI=1S/C15H12ClF4N/c1-9-2-3-10(6-13(9)17)8-21-14-5-4-11(16)7-12(14)15(18,19)20/h2-7,21H,8H2,1H3. The van der Waals surface area contributed by atoms with Gasteiger partial charge in [-0.15, -0.1) is 0 Å². The van der Waals surface area contributed by atoms with Crippen LogP contribution in [0.1, 0.15) is 16.7 Å². The summed E-state index contributed by atoms with van der Waals surface area (Å²) in [6.45, 7) is 1.70. The fourth-order valence-electron chi connectivity index (χ4n) is 1.85. The molecule has 2 rings (SSSR count). The molecule has 112 valence electrons. The van der Waals surface area contributed by atoms with Crippen LogP contribution in [0.3, 0.4) is 0 Å². The first-order valence-electron chi connectivity index (χ1n) is 6.13. The molecule has 0 bridgehead atoms. The lowest BCUT2D eigenvalue weighted by molar-refractivity contribution is -0.136. The van der Waals surface area contributed by atoms with Gasteiger partial charge in [0.15, 0.2) is 0 Å². The minimum Gasteiger partial charge on any atom is -0.380 e. The van der Waals surface area contributed by atoms with Crippen LogP contribution < -0.4 is 5.32 Å². The molecule has 1 nitrogen and oxygen atoms in total. The molecule has 1 N–H and O–H groups in total. The van der Waals surface area contributed by atoms with Crippen molar-refractivity contribution in [2.75, 3.05) is 5.32 Å². The first kappa shape index (κ1) is 15.6. The Morgan fingerprint density at radius 2 is 1.81 bits per heavy atom. The van der Waals surface area contributed by atoms with Gasteiger partial charge in [-0.2, -0.15) is 13.2 Å². The van der Waals surface area contributed by atoms with E-state index in [2.05, 4.69) is 5.32 Å². The van der Waals surface area contributed by atoms with Gasteiger partial charge in [0.25, 0.3) is 0 Å². The second-order valence-electron chi connectivity index (χ2n) is 4.62. The fraction of sp³-hybridized carbons (Fsp3) is 0.200. The monoisotopic (exact) mass is 317 g/mol. The molecule has 0 aliphatic carbocycles. The van der Waals surface area contributed by atoms with Crippen molar-refractivity contribution >= 4 is 17.3 Å². The molecule has 0 radical (unpaired) electrons. The van der Waals surface area contributed by atoms with Crippen molar-refractivity contribution in [3.8, 4) is 0 Å². The van der Waals surface area contributed by atoms with Gasteiger partial charge in [-0.25, -0.2) is 4.39 Å². The van der Waals surface area contributed by atoms with Crippen LogP contribution in [0.5, 0.6) is 0 Å². The number of benzene rings is 2. The zero-order valence-electron chi connectivity index (χ0n) is 11.1. The Labute approximate surface area is 124 Å². The molecule has 0 aliphatic rings. The largest absolute Gasteiger partial charge is 0.418 e.